The SMILES string of the molecule is CC12CC=C(C3c4ccccc4C(n4c5ccc(C(C)(C)C)cc5c5cc(C(C)(C)C)ccc54)=C4C=CC=CC43)C=C1c1cccc(-c3c4ccccc4c(-c4ccccc4)c4ccccc34)c1S2. The summed E-state index contributed by atoms with van der Waals surface area (Å²) >= 11 is 2.07. The number of allylic oxidation sites excluding steroid dienone is 8. The smallest absolute Gasteiger partial charge is 0.0575 e. The molecule has 4 aliphatic rings. The van der Waals surface area contributed by atoms with Crippen LogP contribution in [0.2, 0.25) is 0 Å². The molecule has 8 aromatic carbocycles. The second-order valence-electron chi connectivity index (χ2n) is 22.1. The van der Waals surface area contributed by atoms with E-state index in [0.29, 0.717) is 0 Å². The molecule has 13 rings (SSSR count). The van der Waals surface area contributed by atoms with E-state index < -0.39 is 0 Å². The summed E-state index contributed by atoms with van der Waals surface area (Å²) < 4.78 is 2.53. The number of benzene rings is 8. The van der Waals surface area contributed by atoms with Crippen LogP contribution in [0.1, 0.15) is 88.6 Å². The van der Waals surface area contributed by atoms with Crippen LogP contribution in [0.5, 0.6) is 0 Å². The average Bonchev–Trinajstić information content (AvgIpc) is 3.85. The molecule has 3 unspecified atom stereocenters. The van der Waals surface area contributed by atoms with Crippen molar-refractivity contribution in [3.63, 3.8) is 0 Å². The molecule has 1 aromatic heterocycles. The summed E-state index contributed by atoms with van der Waals surface area (Å²) in [6, 6.07) is 60.0. The first-order valence-electron chi connectivity index (χ1n) is 24.9. The molecule has 3 atom stereocenters. The molecule has 0 fully saturated rings. The molecule has 9 aromatic rings. The highest BCUT2D eigenvalue weighted by Crippen LogP contribution is 2.62. The molecule has 0 saturated heterocycles. The van der Waals surface area contributed by atoms with Gasteiger partial charge in [-0.3, -0.25) is 0 Å². The molecular formula is C67H57NS. The van der Waals surface area contributed by atoms with Crippen LogP contribution >= 0.6 is 11.8 Å². The predicted molar refractivity (Wildman–Crippen MR) is 297 cm³/mol. The monoisotopic (exact) mass is 907 g/mol. The molecule has 0 spiro atoms. The molecule has 1 aliphatic heterocycles. The van der Waals surface area contributed by atoms with E-state index in [4.69, 9.17) is 0 Å². The standard InChI is InChI=1S/C67H57NS/c1-65(2,3)43-32-34-58-55(39-43)56-40-44(66(4,5)6)33-35-59(56)68(58)63-51-28-17-15-26-49(51)61(50-27-16-18-29-52(50)63)42-36-37-67(7)57(38-42)53-30-19-31-54(64(53)69-67)62-47-24-13-11-22-45(47)60(41-20-9-8-10-21-41)46-23-12-14-25-48(46)62/h8-36,38-40,49,61H,37H2,1-7H3. The summed E-state index contributed by atoms with van der Waals surface area (Å²) in [5.74, 6) is 0.338. The maximum absolute atomic E-state index is 2.61. The number of hydrogen-bond donors (Lipinski definition) is 0. The van der Waals surface area contributed by atoms with E-state index in [1.54, 1.807) is 0 Å². The first-order valence-corrected chi connectivity index (χ1v) is 25.7. The van der Waals surface area contributed by atoms with Crippen LogP contribution in [0.3, 0.4) is 0 Å². The zero-order chi connectivity index (χ0) is 47.0. The Morgan fingerprint density at radius 1 is 0.551 bits per heavy atom. The molecule has 0 radical (unpaired) electrons. The number of thioether (sulfide) groups is 1. The van der Waals surface area contributed by atoms with Gasteiger partial charge in [0.1, 0.15) is 0 Å². The summed E-state index contributed by atoms with van der Waals surface area (Å²) in [7, 11) is 0. The van der Waals surface area contributed by atoms with Gasteiger partial charge in [0.05, 0.1) is 16.7 Å². The number of aromatic nitrogens is 1. The normalized spacial score (nSPS) is 19.8. The van der Waals surface area contributed by atoms with E-state index >= 15 is 0 Å². The Kier molecular flexibility index (Phi) is 9.38. The zero-order valence-electron chi connectivity index (χ0n) is 40.7. The number of rotatable bonds is 4. The first kappa shape index (κ1) is 42.2. The average molecular weight is 908 g/mol. The lowest BCUT2D eigenvalue weighted by atomic mass is 9.67. The lowest BCUT2D eigenvalue weighted by Gasteiger charge is -2.39. The van der Waals surface area contributed by atoms with Crippen molar-refractivity contribution in [2.45, 2.75) is 81.3 Å². The second-order valence-corrected chi connectivity index (χ2v) is 23.6. The van der Waals surface area contributed by atoms with Crippen molar-refractivity contribution in [2.24, 2.45) is 5.92 Å². The van der Waals surface area contributed by atoms with Crippen molar-refractivity contribution in [3.8, 4) is 22.3 Å². The molecule has 0 saturated carbocycles. The van der Waals surface area contributed by atoms with E-state index in [9.17, 15) is 0 Å². The molecule has 2 heterocycles. The van der Waals surface area contributed by atoms with Crippen molar-refractivity contribution >= 4 is 66.4 Å². The minimum Gasteiger partial charge on any atom is -0.308 e. The van der Waals surface area contributed by atoms with Gasteiger partial charge in [-0.05, 0) is 131 Å². The first-order chi connectivity index (χ1) is 33.4. The topological polar surface area (TPSA) is 4.93 Å². The molecule has 0 bridgehead atoms. The fourth-order valence-electron chi connectivity index (χ4n) is 12.3. The van der Waals surface area contributed by atoms with Crippen LogP contribution in [-0.2, 0) is 10.8 Å². The quantitative estimate of drug-likeness (QED) is 0.159. The highest BCUT2D eigenvalue weighted by molar-refractivity contribution is 8.01. The minimum absolute atomic E-state index is 0.0356. The summed E-state index contributed by atoms with van der Waals surface area (Å²) in [6.45, 7) is 16.4. The molecule has 2 heteroatoms. The highest BCUT2D eigenvalue weighted by atomic mass is 32.2. The Bertz CT molecular complexity index is 3690. The third kappa shape index (κ3) is 6.44. The van der Waals surface area contributed by atoms with Crippen LogP contribution in [0.25, 0.3) is 76.9 Å². The van der Waals surface area contributed by atoms with Crippen molar-refractivity contribution in [1.29, 1.82) is 0 Å². The fourth-order valence-corrected chi connectivity index (χ4v) is 13.8. The molecule has 0 N–H and O–H groups in total. The van der Waals surface area contributed by atoms with Crippen LogP contribution in [0.4, 0.5) is 0 Å². The zero-order valence-corrected chi connectivity index (χ0v) is 41.5. The van der Waals surface area contributed by atoms with Gasteiger partial charge >= 0.3 is 0 Å². The van der Waals surface area contributed by atoms with E-state index in [2.05, 4.69) is 259 Å². The summed E-state index contributed by atoms with van der Waals surface area (Å²) in [4.78, 5) is 1.40. The molecule has 69 heavy (non-hydrogen) atoms. The van der Waals surface area contributed by atoms with Crippen LogP contribution in [0.15, 0.2) is 210 Å². The van der Waals surface area contributed by atoms with Crippen LogP contribution < -0.4 is 0 Å². The Hall–Kier alpha value is -6.87. The molecule has 336 valence electrons. The van der Waals surface area contributed by atoms with E-state index in [0.717, 1.165) is 6.42 Å². The maximum Gasteiger partial charge on any atom is 0.0575 e. The Morgan fingerprint density at radius 2 is 1.12 bits per heavy atom. The van der Waals surface area contributed by atoms with Gasteiger partial charge in [-0.25, -0.2) is 0 Å². The minimum atomic E-state index is -0.0847. The van der Waals surface area contributed by atoms with Crippen LogP contribution in [0, 0.1) is 5.92 Å². The van der Waals surface area contributed by atoms with Crippen molar-refractivity contribution in [3.05, 3.63) is 233 Å². The van der Waals surface area contributed by atoms with Crippen molar-refractivity contribution in [2.75, 3.05) is 0 Å². The number of nitrogens with zero attached hydrogens (tertiary/aromatic N) is 1. The highest BCUT2D eigenvalue weighted by Gasteiger charge is 2.44. The summed E-state index contributed by atoms with van der Waals surface area (Å²) in [6.07, 6.45) is 15.6. The van der Waals surface area contributed by atoms with Gasteiger partial charge in [-0.2, -0.15) is 0 Å². The van der Waals surface area contributed by atoms with Gasteiger partial charge in [-0.1, -0.05) is 211 Å². The largest absolute Gasteiger partial charge is 0.308 e. The van der Waals surface area contributed by atoms with E-state index in [1.807, 2.05) is 0 Å². The van der Waals surface area contributed by atoms with Gasteiger partial charge in [0, 0.05) is 37.8 Å². The van der Waals surface area contributed by atoms with Gasteiger partial charge in [0.15, 0.2) is 0 Å². The fraction of sp³-hybridized carbons (Fsp3) is 0.194. The van der Waals surface area contributed by atoms with Gasteiger partial charge in [0.25, 0.3) is 0 Å². The van der Waals surface area contributed by atoms with Gasteiger partial charge in [0.2, 0.25) is 0 Å². The second kappa shape index (κ2) is 15.3. The van der Waals surface area contributed by atoms with Gasteiger partial charge < -0.3 is 4.57 Å². The van der Waals surface area contributed by atoms with Crippen LogP contribution in [-0.4, -0.2) is 9.31 Å². The molecule has 1 nitrogen and oxygen atoms in total. The maximum atomic E-state index is 2.61. The summed E-state index contributed by atoms with van der Waals surface area (Å²) in [5, 5.41) is 7.84. The Balaban J connectivity index is 0.978. The molecule has 0 amide bonds. The third-order valence-corrected chi connectivity index (χ3v) is 17.3. The lowest BCUT2D eigenvalue weighted by Crippen LogP contribution is -2.27. The number of fused-ring (bicyclic) bond motifs is 10. The Labute approximate surface area is 411 Å². The van der Waals surface area contributed by atoms with Crippen molar-refractivity contribution < 1.29 is 0 Å². The Morgan fingerprint density at radius 3 is 1.75 bits per heavy atom. The van der Waals surface area contributed by atoms with Gasteiger partial charge in [-0.15, -0.1) is 11.8 Å². The van der Waals surface area contributed by atoms with Crippen molar-refractivity contribution in [1.82, 2.24) is 4.57 Å². The predicted octanol–water partition coefficient (Wildman–Crippen LogP) is 18.4. The van der Waals surface area contributed by atoms with E-state index in [1.165, 1.54) is 121 Å². The molecular weight excluding hydrogens is 851 g/mol. The lowest BCUT2D eigenvalue weighted by molar-refractivity contribution is 0.590. The molecule has 3 aliphatic carbocycles. The third-order valence-electron chi connectivity index (χ3n) is 15.8. The summed E-state index contributed by atoms with van der Waals surface area (Å²) in [5.41, 5.74) is 20.2. The number of hydrogen-bond acceptors (Lipinski definition) is 1. The van der Waals surface area contributed by atoms with E-state index in [-0.39, 0.29) is 27.4 Å².